The summed E-state index contributed by atoms with van der Waals surface area (Å²) in [5.74, 6) is 0.777. The summed E-state index contributed by atoms with van der Waals surface area (Å²) in [6, 6.07) is 1.68. The van der Waals surface area contributed by atoms with Crippen LogP contribution in [0.3, 0.4) is 0 Å². The van der Waals surface area contributed by atoms with Crippen LogP contribution in [0.2, 0.25) is 5.15 Å². The van der Waals surface area contributed by atoms with Crippen molar-refractivity contribution in [3.63, 3.8) is 0 Å². The zero-order valence-electron chi connectivity index (χ0n) is 7.82. The summed E-state index contributed by atoms with van der Waals surface area (Å²) in [4.78, 5) is 10.6. The van der Waals surface area contributed by atoms with Crippen LogP contribution in [0.25, 0.3) is 0 Å². The average molecular weight is 214 g/mol. The third-order valence-corrected chi connectivity index (χ3v) is 2.35. The Balaban J connectivity index is 1.95. The standard InChI is InChI=1S/C9H12ClN3O/c10-8-1-2-11-9(12-8)7-13-3-5-14-6-4-13/h1-2H,3-7H2. The summed E-state index contributed by atoms with van der Waals surface area (Å²) in [7, 11) is 0. The maximum absolute atomic E-state index is 5.77. The quantitative estimate of drug-likeness (QED) is 0.686. The Morgan fingerprint density at radius 3 is 2.93 bits per heavy atom. The van der Waals surface area contributed by atoms with Gasteiger partial charge in [0.2, 0.25) is 0 Å². The number of rotatable bonds is 2. The van der Waals surface area contributed by atoms with E-state index in [9.17, 15) is 0 Å². The van der Waals surface area contributed by atoms with Gasteiger partial charge in [0.15, 0.2) is 0 Å². The van der Waals surface area contributed by atoms with Gasteiger partial charge in [-0.1, -0.05) is 11.6 Å². The van der Waals surface area contributed by atoms with Crippen molar-refractivity contribution in [2.24, 2.45) is 0 Å². The first-order chi connectivity index (χ1) is 6.84. The fraction of sp³-hybridized carbons (Fsp3) is 0.556. The largest absolute Gasteiger partial charge is 0.379 e. The first-order valence-corrected chi connectivity index (χ1v) is 5.00. The molecule has 1 aliphatic rings. The van der Waals surface area contributed by atoms with E-state index in [0.29, 0.717) is 5.15 Å². The number of hydrogen-bond acceptors (Lipinski definition) is 4. The number of halogens is 1. The van der Waals surface area contributed by atoms with Gasteiger partial charge in [0.25, 0.3) is 0 Å². The number of nitrogens with zero attached hydrogens (tertiary/aromatic N) is 3. The Bertz CT molecular complexity index is 302. The molecule has 2 heterocycles. The lowest BCUT2D eigenvalue weighted by molar-refractivity contribution is 0.0330. The molecular formula is C9H12ClN3O. The lowest BCUT2D eigenvalue weighted by atomic mass is 10.4. The fourth-order valence-corrected chi connectivity index (χ4v) is 1.56. The number of ether oxygens (including phenoxy) is 1. The Kier molecular flexibility index (Phi) is 3.29. The van der Waals surface area contributed by atoms with Gasteiger partial charge in [0, 0.05) is 19.3 Å². The third kappa shape index (κ3) is 2.64. The minimum Gasteiger partial charge on any atom is -0.379 e. The topological polar surface area (TPSA) is 38.2 Å². The monoisotopic (exact) mass is 213 g/mol. The van der Waals surface area contributed by atoms with Crippen molar-refractivity contribution in [2.45, 2.75) is 6.54 Å². The summed E-state index contributed by atoms with van der Waals surface area (Å²) in [5, 5.41) is 0.503. The van der Waals surface area contributed by atoms with Crippen LogP contribution >= 0.6 is 11.6 Å². The molecule has 0 bridgehead atoms. The minimum atomic E-state index is 0.503. The molecule has 1 aliphatic heterocycles. The summed E-state index contributed by atoms with van der Waals surface area (Å²) in [6.07, 6.45) is 1.69. The van der Waals surface area contributed by atoms with Crippen LogP contribution in [0, 0.1) is 0 Å². The van der Waals surface area contributed by atoms with Crippen LogP contribution in [0.15, 0.2) is 12.3 Å². The molecule has 0 radical (unpaired) electrons. The molecule has 1 fully saturated rings. The second kappa shape index (κ2) is 4.68. The van der Waals surface area contributed by atoms with Crippen LogP contribution in [0.5, 0.6) is 0 Å². The van der Waals surface area contributed by atoms with Crippen LogP contribution in [-0.4, -0.2) is 41.2 Å². The van der Waals surface area contributed by atoms with Crippen molar-refractivity contribution < 1.29 is 4.74 Å². The molecule has 0 atom stereocenters. The predicted molar refractivity (Wildman–Crippen MR) is 53.1 cm³/mol. The molecule has 0 aromatic carbocycles. The van der Waals surface area contributed by atoms with Crippen molar-refractivity contribution in [2.75, 3.05) is 26.3 Å². The van der Waals surface area contributed by atoms with Gasteiger partial charge in [-0.3, -0.25) is 4.90 Å². The summed E-state index contributed by atoms with van der Waals surface area (Å²) in [5.41, 5.74) is 0. The van der Waals surface area contributed by atoms with E-state index < -0.39 is 0 Å². The smallest absolute Gasteiger partial charge is 0.143 e. The normalized spacial score (nSPS) is 18.4. The van der Waals surface area contributed by atoms with Gasteiger partial charge in [0.1, 0.15) is 11.0 Å². The molecule has 0 unspecified atom stereocenters. The number of hydrogen-bond donors (Lipinski definition) is 0. The highest BCUT2D eigenvalue weighted by molar-refractivity contribution is 6.29. The molecule has 1 aromatic heterocycles. The van der Waals surface area contributed by atoms with Gasteiger partial charge in [-0.15, -0.1) is 0 Å². The summed E-state index contributed by atoms with van der Waals surface area (Å²) in [6.45, 7) is 4.22. The van der Waals surface area contributed by atoms with Crippen molar-refractivity contribution in [1.29, 1.82) is 0 Å². The van der Waals surface area contributed by atoms with Gasteiger partial charge in [-0.2, -0.15) is 0 Å². The highest BCUT2D eigenvalue weighted by Gasteiger charge is 2.11. The lowest BCUT2D eigenvalue weighted by Crippen LogP contribution is -2.36. The molecule has 14 heavy (non-hydrogen) atoms. The molecule has 5 heteroatoms. The maximum atomic E-state index is 5.77. The summed E-state index contributed by atoms with van der Waals surface area (Å²) >= 11 is 5.77. The molecule has 1 aromatic rings. The highest BCUT2D eigenvalue weighted by Crippen LogP contribution is 2.06. The second-order valence-electron chi connectivity index (χ2n) is 3.18. The molecule has 0 amide bonds. The average Bonchev–Trinajstić information content (AvgIpc) is 2.19. The van der Waals surface area contributed by atoms with Crippen molar-refractivity contribution in [1.82, 2.24) is 14.9 Å². The van der Waals surface area contributed by atoms with Crippen molar-refractivity contribution in [3.8, 4) is 0 Å². The molecule has 0 aliphatic carbocycles. The molecule has 4 nitrogen and oxygen atoms in total. The van der Waals surface area contributed by atoms with E-state index in [4.69, 9.17) is 16.3 Å². The summed E-state index contributed by atoms with van der Waals surface area (Å²) < 4.78 is 5.25. The Morgan fingerprint density at radius 2 is 2.21 bits per heavy atom. The first-order valence-electron chi connectivity index (χ1n) is 4.62. The SMILES string of the molecule is Clc1ccnc(CN2CCOCC2)n1. The lowest BCUT2D eigenvalue weighted by Gasteiger charge is -2.25. The van der Waals surface area contributed by atoms with Gasteiger partial charge < -0.3 is 4.74 Å². The van der Waals surface area contributed by atoms with E-state index in [1.165, 1.54) is 0 Å². The van der Waals surface area contributed by atoms with E-state index in [1.807, 2.05) is 0 Å². The van der Waals surface area contributed by atoms with Gasteiger partial charge in [-0.05, 0) is 6.07 Å². The van der Waals surface area contributed by atoms with Crippen LogP contribution in [0.1, 0.15) is 5.82 Å². The van der Waals surface area contributed by atoms with Crippen molar-refractivity contribution in [3.05, 3.63) is 23.2 Å². The fourth-order valence-electron chi connectivity index (χ4n) is 1.41. The molecule has 76 valence electrons. The van der Waals surface area contributed by atoms with E-state index in [2.05, 4.69) is 14.9 Å². The zero-order chi connectivity index (χ0) is 9.80. The number of aromatic nitrogens is 2. The van der Waals surface area contributed by atoms with Crippen LogP contribution in [-0.2, 0) is 11.3 Å². The third-order valence-electron chi connectivity index (χ3n) is 2.14. The zero-order valence-corrected chi connectivity index (χ0v) is 8.57. The first kappa shape index (κ1) is 9.83. The molecule has 1 saturated heterocycles. The van der Waals surface area contributed by atoms with Gasteiger partial charge >= 0.3 is 0 Å². The Morgan fingerprint density at radius 1 is 1.43 bits per heavy atom. The predicted octanol–water partition coefficient (Wildman–Crippen LogP) is 0.962. The van der Waals surface area contributed by atoms with Gasteiger partial charge in [0.05, 0.1) is 19.8 Å². The van der Waals surface area contributed by atoms with Crippen LogP contribution in [0.4, 0.5) is 0 Å². The van der Waals surface area contributed by atoms with E-state index in [1.54, 1.807) is 12.3 Å². The minimum absolute atomic E-state index is 0.503. The van der Waals surface area contributed by atoms with Gasteiger partial charge in [-0.25, -0.2) is 9.97 Å². The Labute approximate surface area is 87.9 Å². The molecule has 0 N–H and O–H groups in total. The van der Waals surface area contributed by atoms with Crippen LogP contribution < -0.4 is 0 Å². The maximum Gasteiger partial charge on any atom is 0.143 e. The van der Waals surface area contributed by atoms with E-state index in [-0.39, 0.29) is 0 Å². The molecule has 0 spiro atoms. The van der Waals surface area contributed by atoms with Crippen molar-refractivity contribution >= 4 is 11.6 Å². The number of morpholine rings is 1. The van der Waals surface area contributed by atoms with E-state index in [0.717, 1.165) is 38.7 Å². The highest BCUT2D eigenvalue weighted by atomic mass is 35.5. The Hall–Kier alpha value is -0.710. The molecular weight excluding hydrogens is 202 g/mol. The molecule has 2 rings (SSSR count). The van der Waals surface area contributed by atoms with E-state index >= 15 is 0 Å². The second-order valence-corrected chi connectivity index (χ2v) is 3.57. The molecule has 0 saturated carbocycles.